The number of carbonyl (C=O) groups is 1. The van der Waals surface area contributed by atoms with Gasteiger partial charge in [0.1, 0.15) is 5.56 Å². The lowest BCUT2D eigenvalue weighted by atomic mass is 10.1. The Hall–Kier alpha value is -1.62. The van der Waals surface area contributed by atoms with Crippen molar-refractivity contribution in [3.05, 3.63) is 23.0 Å². The molecule has 1 aromatic rings. The first-order chi connectivity index (χ1) is 8.88. The van der Waals surface area contributed by atoms with Crippen molar-refractivity contribution >= 4 is 11.7 Å². The van der Waals surface area contributed by atoms with Gasteiger partial charge in [-0.05, 0) is 33.8 Å². The van der Waals surface area contributed by atoms with Crippen LogP contribution in [0.5, 0.6) is 0 Å². The monoisotopic (exact) mass is 264 g/mol. The molecular formula is C14H20N2O3. The van der Waals surface area contributed by atoms with Gasteiger partial charge in [0.25, 0.3) is 0 Å². The lowest BCUT2D eigenvalue weighted by Crippen LogP contribution is -2.46. The highest BCUT2D eigenvalue weighted by molar-refractivity contribution is 5.95. The van der Waals surface area contributed by atoms with Crippen LogP contribution in [0.3, 0.4) is 0 Å². The molecule has 1 saturated heterocycles. The topological polar surface area (TPSA) is 62.7 Å². The van der Waals surface area contributed by atoms with E-state index in [-0.39, 0.29) is 12.2 Å². The molecule has 2 heterocycles. The molecule has 0 bridgehead atoms. The van der Waals surface area contributed by atoms with Gasteiger partial charge in [0.2, 0.25) is 0 Å². The maximum absolute atomic E-state index is 11.5. The van der Waals surface area contributed by atoms with Crippen molar-refractivity contribution < 1.29 is 14.6 Å². The van der Waals surface area contributed by atoms with Gasteiger partial charge in [-0.2, -0.15) is 0 Å². The van der Waals surface area contributed by atoms with Crippen LogP contribution in [0.1, 0.15) is 35.6 Å². The minimum atomic E-state index is -0.924. The van der Waals surface area contributed by atoms with Crippen LogP contribution in [-0.4, -0.2) is 41.4 Å². The van der Waals surface area contributed by atoms with Crippen LogP contribution in [-0.2, 0) is 4.74 Å². The Morgan fingerprint density at radius 1 is 1.37 bits per heavy atom. The number of aromatic nitrogens is 1. The summed E-state index contributed by atoms with van der Waals surface area (Å²) in [4.78, 5) is 17.8. The van der Waals surface area contributed by atoms with Crippen LogP contribution in [0.15, 0.2) is 6.07 Å². The molecule has 0 aromatic carbocycles. The molecule has 5 nitrogen and oxygen atoms in total. The molecule has 0 saturated carbocycles. The van der Waals surface area contributed by atoms with E-state index in [9.17, 15) is 9.90 Å². The summed E-state index contributed by atoms with van der Waals surface area (Å²) in [5.41, 5.74) is 2.45. The average molecular weight is 264 g/mol. The highest BCUT2D eigenvalue weighted by atomic mass is 16.5. The van der Waals surface area contributed by atoms with E-state index in [1.807, 2.05) is 26.8 Å². The third kappa shape index (κ3) is 2.87. The summed E-state index contributed by atoms with van der Waals surface area (Å²) in [6.45, 7) is 9.04. The second kappa shape index (κ2) is 5.17. The number of carboxylic acid groups (broad SMARTS) is 1. The fraction of sp³-hybridized carbons (Fsp3) is 0.571. The van der Waals surface area contributed by atoms with Crippen molar-refractivity contribution in [2.75, 3.05) is 18.0 Å². The van der Waals surface area contributed by atoms with Crippen molar-refractivity contribution in [3.63, 3.8) is 0 Å². The van der Waals surface area contributed by atoms with Gasteiger partial charge < -0.3 is 14.7 Å². The zero-order valence-electron chi connectivity index (χ0n) is 11.8. The Morgan fingerprint density at radius 2 is 1.95 bits per heavy atom. The summed E-state index contributed by atoms with van der Waals surface area (Å²) in [6, 6.07) is 1.85. The number of ether oxygens (including phenoxy) is 1. The number of pyridine rings is 1. The summed E-state index contributed by atoms with van der Waals surface area (Å²) in [7, 11) is 0. The average Bonchev–Trinajstić information content (AvgIpc) is 2.25. The maximum Gasteiger partial charge on any atom is 0.339 e. The van der Waals surface area contributed by atoms with E-state index in [4.69, 9.17) is 4.74 Å². The molecule has 2 rings (SSSR count). The minimum Gasteiger partial charge on any atom is -0.478 e. The molecule has 104 valence electrons. The van der Waals surface area contributed by atoms with Crippen LogP contribution in [0, 0.1) is 13.8 Å². The zero-order chi connectivity index (χ0) is 14.2. The quantitative estimate of drug-likeness (QED) is 0.885. The number of aromatic carboxylic acids is 1. The SMILES string of the molecule is Cc1cc(N2CC(C)OC(C)C2)c(C(=O)O)c(C)n1. The summed E-state index contributed by atoms with van der Waals surface area (Å²) >= 11 is 0. The molecule has 0 aliphatic carbocycles. The zero-order valence-corrected chi connectivity index (χ0v) is 11.8. The first-order valence-corrected chi connectivity index (χ1v) is 6.50. The Bertz CT molecular complexity index is 492. The molecule has 2 unspecified atom stereocenters. The number of rotatable bonds is 2. The molecule has 5 heteroatoms. The second-order valence-corrected chi connectivity index (χ2v) is 5.21. The number of carboxylic acids is 1. The highest BCUT2D eigenvalue weighted by Crippen LogP contribution is 2.27. The van der Waals surface area contributed by atoms with E-state index in [0.717, 1.165) is 11.4 Å². The van der Waals surface area contributed by atoms with Crippen LogP contribution in [0.2, 0.25) is 0 Å². The third-order valence-electron chi connectivity index (χ3n) is 3.28. The number of hydrogen-bond donors (Lipinski definition) is 1. The van der Waals surface area contributed by atoms with Gasteiger partial charge in [-0.3, -0.25) is 4.98 Å². The molecule has 19 heavy (non-hydrogen) atoms. The molecule has 1 N–H and O–H groups in total. The fourth-order valence-electron chi connectivity index (χ4n) is 2.70. The Balaban J connectivity index is 2.45. The number of aryl methyl sites for hydroxylation is 2. The van der Waals surface area contributed by atoms with Crippen LogP contribution in [0.25, 0.3) is 0 Å². The molecule has 1 fully saturated rings. The van der Waals surface area contributed by atoms with Crippen molar-refractivity contribution in [1.82, 2.24) is 4.98 Å². The van der Waals surface area contributed by atoms with Gasteiger partial charge in [0.05, 0.1) is 23.6 Å². The third-order valence-corrected chi connectivity index (χ3v) is 3.28. The largest absolute Gasteiger partial charge is 0.478 e. The number of hydrogen-bond acceptors (Lipinski definition) is 4. The Morgan fingerprint density at radius 3 is 2.47 bits per heavy atom. The molecule has 2 atom stereocenters. The lowest BCUT2D eigenvalue weighted by molar-refractivity contribution is -0.00533. The van der Waals surface area contributed by atoms with Crippen LogP contribution in [0.4, 0.5) is 5.69 Å². The first kappa shape index (κ1) is 13.8. The second-order valence-electron chi connectivity index (χ2n) is 5.21. The van der Waals surface area contributed by atoms with Gasteiger partial charge in [-0.25, -0.2) is 4.79 Å². The van der Waals surface area contributed by atoms with Gasteiger partial charge in [-0.15, -0.1) is 0 Å². The van der Waals surface area contributed by atoms with Crippen molar-refractivity contribution in [3.8, 4) is 0 Å². The van der Waals surface area contributed by atoms with Gasteiger partial charge in [-0.1, -0.05) is 0 Å². The molecule has 0 spiro atoms. The molecular weight excluding hydrogens is 244 g/mol. The summed E-state index contributed by atoms with van der Waals surface area (Å²) in [6.07, 6.45) is 0.193. The minimum absolute atomic E-state index is 0.0965. The van der Waals surface area contributed by atoms with E-state index in [2.05, 4.69) is 9.88 Å². The molecule has 1 aliphatic heterocycles. The highest BCUT2D eigenvalue weighted by Gasteiger charge is 2.27. The lowest BCUT2D eigenvalue weighted by Gasteiger charge is -2.37. The Kier molecular flexibility index (Phi) is 3.75. The predicted octanol–water partition coefficient (Wildman–Crippen LogP) is 2.01. The maximum atomic E-state index is 11.5. The van der Waals surface area contributed by atoms with Crippen LogP contribution < -0.4 is 4.90 Å². The van der Waals surface area contributed by atoms with Crippen molar-refractivity contribution in [1.29, 1.82) is 0 Å². The van der Waals surface area contributed by atoms with E-state index in [0.29, 0.717) is 24.3 Å². The molecule has 0 radical (unpaired) electrons. The number of nitrogens with zero attached hydrogens (tertiary/aromatic N) is 2. The van der Waals surface area contributed by atoms with E-state index in [1.54, 1.807) is 6.92 Å². The molecule has 0 amide bonds. The van der Waals surface area contributed by atoms with Crippen LogP contribution >= 0.6 is 0 Å². The number of morpholine rings is 1. The molecule has 1 aliphatic rings. The standard InChI is InChI=1S/C14H20N2O3/c1-8-5-12(13(14(17)18)11(4)15-8)16-6-9(2)19-10(3)7-16/h5,9-10H,6-7H2,1-4H3,(H,17,18). The molecule has 1 aromatic heterocycles. The summed E-state index contributed by atoms with van der Waals surface area (Å²) < 4.78 is 5.69. The Labute approximate surface area is 113 Å². The van der Waals surface area contributed by atoms with Gasteiger partial charge >= 0.3 is 5.97 Å². The van der Waals surface area contributed by atoms with Crippen molar-refractivity contribution in [2.24, 2.45) is 0 Å². The van der Waals surface area contributed by atoms with E-state index >= 15 is 0 Å². The first-order valence-electron chi connectivity index (χ1n) is 6.50. The predicted molar refractivity (Wildman–Crippen MR) is 72.9 cm³/mol. The van der Waals surface area contributed by atoms with E-state index < -0.39 is 5.97 Å². The smallest absolute Gasteiger partial charge is 0.339 e. The number of anilines is 1. The fourth-order valence-corrected chi connectivity index (χ4v) is 2.70. The van der Waals surface area contributed by atoms with Gasteiger partial charge in [0, 0.05) is 18.8 Å². The van der Waals surface area contributed by atoms with E-state index in [1.165, 1.54) is 0 Å². The summed E-state index contributed by atoms with van der Waals surface area (Å²) in [5, 5.41) is 9.40. The summed E-state index contributed by atoms with van der Waals surface area (Å²) in [5.74, 6) is -0.924. The van der Waals surface area contributed by atoms with Crippen molar-refractivity contribution in [2.45, 2.75) is 39.9 Å². The van der Waals surface area contributed by atoms with Gasteiger partial charge in [0.15, 0.2) is 0 Å². The normalized spacial score (nSPS) is 23.5.